The van der Waals surface area contributed by atoms with Crippen molar-refractivity contribution in [1.82, 2.24) is 25.1 Å². The Balaban J connectivity index is 1.43. The van der Waals surface area contributed by atoms with Crippen LogP contribution >= 0.6 is 0 Å². The van der Waals surface area contributed by atoms with Crippen molar-refractivity contribution in [3.63, 3.8) is 0 Å². The van der Waals surface area contributed by atoms with E-state index in [1.165, 1.54) is 6.07 Å². The first-order valence-electron chi connectivity index (χ1n) is 9.01. The fraction of sp³-hybridized carbons (Fsp3) is 0.500. The lowest BCUT2D eigenvalue weighted by atomic mass is 9.90. The Morgan fingerprint density at radius 1 is 1.27 bits per heavy atom. The molecule has 4 heterocycles. The van der Waals surface area contributed by atoms with Gasteiger partial charge in [0.05, 0.1) is 0 Å². The molecule has 2 aromatic heterocycles. The molecule has 2 saturated heterocycles. The summed E-state index contributed by atoms with van der Waals surface area (Å²) < 4.78 is 0. The lowest BCUT2D eigenvalue weighted by molar-refractivity contribution is 0.0525. The molecule has 26 heavy (non-hydrogen) atoms. The molecule has 0 aliphatic carbocycles. The van der Waals surface area contributed by atoms with Gasteiger partial charge in [0, 0.05) is 42.8 Å². The minimum atomic E-state index is -0.310. The van der Waals surface area contributed by atoms with E-state index in [4.69, 9.17) is 0 Å². The number of aryl methyl sites for hydroxylation is 1. The van der Waals surface area contributed by atoms with Crippen molar-refractivity contribution < 1.29 is 4.79 Å². The second kappa shape index (κ2) is 6.86. The first-order valence-corrected chi connectivity index (χ1v) is 9.01. The maximum Gasteiger partial charge on any atom is 0.278 e. The van der Waals surface area contributed by atoms with E-state index >= 15 is 0 Å². The highest BCUT2D eigenvalue weighted by molar-refractivity contribution is 5.92. The largest absolute Gasteiger partial charge is 0.354 e. The Morgan fingerprint density at radius 3 is 2.62 bits per heavy atom. The van der Waals surface area contributed by atoms with Gasteiger partial charge in [-0.3, -0.25) is 14.7 Å². The molecule has 3 atom stereocenters. The number of carbonyl (C=O) groups is 1. The molecule has 0 saturated carbocycles. The highest BCUT2D eigenvalue weighted by Crippen LogP contribution is 2.39. The van der Waals surface area contributed by atoms with Gasteiger partial charge in [0.25, 0.3) is 5.91 Å². The number of hydrogen-bond acceptors (Lipinski definition) is 6. The third-order valence-electron chi connectivity index (χ3n) is 5.31. The van der Waals surface area contributed by atoms with Crippen molar-refractivity contribution in [2.75, 3.05) is 11.9 Å². The molecule has 4 rings (SSSR count). The molecule has 0 aromatic carbocycles. The summed E-state index contributed by atoms with van der Waals surface area (Å²) >= 11 is 0. The summed E-state index contributed by atoms with van der Waals surface area (Å²) in [4.78, 5) is 35.3. The summed E-state index contributed by atoms with van der Waals surface area (Å²) in [5.41, 5.74) is 0.347. The average molecular weight is 354 g/mol. The van der Waals surface area contributed by atoms with Crippen LogP contribution in [0.15, 0.2) is 29.3 Å². The molecular formula is C18H22N6O2. The molecule has 1 amide bonds. The van der Waals surface area contributed by atoms with Crippen molar-refractivity contribution in [3.8, 4) is 0 Å². The highest BCUT2D eigenvalue weighted by Gasteiger charge is 2.44. The first-order chi connectivity index (χ1) is 12.6. The molecule has 1 unspecified atom stereocenters. The van der Waals surface area contributed by atoms with Crippen LogP contribution in [0.3, 0.4) is 0 Å². The Bertz CT molecular complexity index is 838. The van der Waals surface area contributed by atoms with Gasteiger partial charge in [-0.25, -0.2) is 9.97 Å². The number of anilines is 1. The molecule has 8 heteroatoms. The van der Waals surface area contributed by atoms with E-state index in [1.807, 2.05) is 4.90 Å². The van der Waals surface area contributed by atoms with Gasteiger partial charge in [-0.05, 0) is 44.6 Å². The number of amides is 1. The Labute approximate surface area is 151 Å². The Kier molecular flexibility index (Phi) is 4.40. The topological polar surface area (TPSA) is 104 Å². The van der Waals surface area contributed by atoms with Gasteiger partial charge in [-0.2, -0.15) is 5.10 Å². The quantitative estimate of drug-likeness (QED) is 0.859. The van der Waals surface area contributed by atoms with E-state index < -0.39 is 0 Å². The Morgan fingerprint density at radius 2 is 1.96 bits per heavy atom. The number of rotatable bonds is 4. The maximum atomic E-state index is 12.9. The van der Waals surface area contributed by atoms with Crippen LogP contribution in [0.25, 0.3) is 0 Å². The van der Waals surface area contributed by atoms with Crippen LogP contribution in [0, 0.1) is 12.8 Å². The molecule has 8 nitrogen and oxygen atoms in total. The van der Waals surface area contributed by atoms with Crippen molar-refractivity contribution in [1.29, 1.82) is 0 Å². The number of hydrogen-bond donors (Lipinski definition) is 2. The van der Waals surface area contributed by atoms with Gasteiger partial charge in [0.1, 0.15) is 0 Å². The summed E-state index contributed by atoms with van der Waals surface area (Å²) in [6, 6.07) is 3.56. The number of H-pyrrole nitrogens is 1. The number of piperidine rings is 1. The molecule has 2 aliphatic heterocycles. The minimum Gasteiger partial charge on any atom is -0.354 e. The second-order valence-electron chi connectivity index (χ2n) is 7.15. The zero-order valence-corrected chi connectivity index (χ0v) is 14.7. The van der Waals surface area contributed by atoms with Gasteiger partial charge in [0.15, 0.2) is 5.69 Å². The molecule has 136 valence electrons. The van der Waals surface area contributed by atoms with Gasteiger partial charge >= 0.3 is 0 Å². The molecule has 2 N–H and O–H groups in total. The van der Waals surface area contributed by atoms with Crippen molar-refractivity contribution in [2.45, 2.75) is 44.7 Å². The van der Waals surface area contributed by atoms with E-state index in [9.17, 15) is 9.59 Å². The fourth-order valence-corrected chi connectivity index (χ4v) is 4.19. The highest BCUT2D eigenvalue weighted by atomic mass is 16.2. The van der Waals surface area contributed by atoms with Crippen molar-refractivity contribution in [2.24, 2.45) is 5.92 Å². The number of nitrogens with one attached hydrogen (secondary N) is 2. The van der Waals surface area contributed by atoms with E-state index in [2.05, 4.69) is 25.5 Å². The number of aromatic amines is 1. The second-order valence-corrected chi connectivity index (χ2v) is 7.15. The zero-order valence-electron chi connectivity index (χ0n) is 14.7. The smallest absolute Gasteiger partial charge is 0.278 e. The maximum absolute atomic E-state index is 12.9. The van der Waals surface area contributed by atoms with Gasteiger partial charge in [0.2, 0.25) is 11.4 Å². The van der Waals surface area contributed by atoms with E-state index in [0.29, 0.717) is 17.6 Å². The molecule has 2 aliphatic rings. The normalized spacial score (nSPS) is 24.5. The molecular weight excluding hydrogens is 332 g/mol. The third-order valence-corrected chi connectivity index (χ3v) is 5.31. The SMILES string of the molecule is Cc1cc(=O)c(C(=O)N2[C@@H]3CC[C@H]2CC(CNc2ncccn2)C3)n[nH]1. The fourth-order valence-electron chi connectivity index (χ4n) is 4.19. The van der Waals surface area contributed by atoms with E-state index in [1.54, 1.807) is 25.4 Å². The molecule has 2 aromatic rings. The van der Waals surface area contributed by atoms with Crippen LogP contribution in [0.5, 0.6) is 0 Å². The number of carbonyl (C=O) groups excluding carboxylic acids is 1. The van der Waals surface area contributed by atoms with Crippen molar-refractivity contribution in [3.05, 3.63) is 46.1 Å². The lowest BCUT2D eigenvalue weighted by Gasteiger charge is -2.38. The van der Waals surface area contributed by atoms with Crippen LogP contribution in [-0.2, 0) is 0 Å². The van der Waals surface area contributed by atoms with Gasteiger partial charge in [-0.15, -0.1) is 0 Å². The summed E-state index contributed by atoms with van der Waals surface area (Å²) in [5, 5.41) is 10.0. The van der Waals surface area contributed by atoms with E-state index in [-0.39, 0.29) is 29.1 Å². The summed E-state index contributed by atoms with van der Waals surface area (Å²) in [7, 11) is 0. The predicted octanol–water partition coefficient (Wildman–Crippen LogP) is 1.36. The van der Waals surface area contributed by atoms with Gasteiger partial charge < -0.3 is 10.2 Å². The summed E-state index contributed by atoms with van der Waals surface area (Å²) in [6.07, 6.45) is 7.24. The molecule has 0 radical (unpaired) electrons. The van der Waals surface area contributed by atoms with Crippen LogP contribution in [-0.4, -0.2) is 49.6 Å². The molecule has 2 fully saturated rings. The molecule has 2 bridgehead atoms. The summed E-state index contributed by atoms with van der Waals surface area (Å²) in [5.74, 6) is 0.856. The van der Waals surface area contributed by atoms with Crippen LogP contribution in [0.4, 0.5) is 5.95 Å². The van der Waals surface area contributed by atoms with Crippen LogP contribution in [0.1, 0.15) is 41.9 Å². The van der Waals surface area contributed by atoms with Crippen LogP contribution in [0.2, 0.25) is 0 Å². The average Bonchev–Trinajstić information content (AvgIpc) is 2.90. The lowest BCUT2D eigenvalue weighted by Crippen LogP contribution is -2.49. The number of aromatic nitrogens is 4. The van der Waals surface area contributed by atoms with Crippen LogP contribution < -0.4 is 10.7 Å². The number of nitrogens with zero attached hydrogens (tertiary/aromatic N) is 4. The minimum absolute atomic E-state index is 0.00163. The summed E-state index contributed by atoms with van der Waals surface area (Å²) in [6.45, 7) is 2.55. The van der Waals surface area contributed by atoms with Crippen molar-refractivity contribution >= 4 is 11.9 Å². The standard InChI is InChI=1S/C18H22N6O2/c1-11-7-15(25)16(23-22-11)17(26)24-13-3-4-14(24)9-12(8-13)10-21-18-19-5-2-6-20-18/h2,5-7,12-14H,3-4,8-10H2,1H3,(H,22,25)(H,19,20,21)/t12?,13-,14+. The third kappa shape index (κ3) is 3.18. The number of fused-ring (bicyclic) bond motifs is 2. The molecule has 0 spiro atoms. The van der Waals surface area contributed by atoms with E-state index in [0.717, 1.165) is 32.2 Å². The van der Waals surface area contributed by atoms with Gasteiger partial charge in [-0.1, -0.05) is 0 Å². The monoisotopic (exact) mass is 354 g/mol. The first kappa shape index (κ1) is 16.7. The predicted molar refractivity (Wildman–Crippen MR) is 95.8 cm³/mol. The Hall–Kier alpha value is -2.77. The zero-order chi connectivity index (χ0) is 18.1.